The van der Waals surface area contributed by atoms with E-state index < -0.39 is 0 Å². The normalized spacial score (nSPS) is 10.6. The lowest BCUT2D eigenvalue weighted by molar-refractivity contribution is 0.904. The maximum absolute atomic E-state index is 4.60. The Bertz CT molecular complexity index is 537. The lowest BCUT2D eigenvalue weighted by atomic mass is 10.2. The van der Waals surface area contributed by atoms with Crippen LogP contribution in [-0.2, 0) is 13.0 Å². The van der Waals surface area contributed by atoms with Gasteiger partial charge >= 0.3 is 0 Å². The van der Waals surface area contributed by atoms with Crippen LogP contribution in [0, 0.1) is 6.92 Å². The van der Waals surface area contributed by atoms with Gasteiger partial charge in [0.05, 0.1) is 6.54 Å². The van der Waals surface area contributed by atoms with Crippen LogP contribution in [0.5, 0.6) is 0 Å². The van der Waals surface area contributed by atoms with Gasteiger partial charge in [-0.05, 0) is 24.8 Å². The molecule has 0 amide bonds. The molecule has 0 aliphatic heterocycles. The molecule has 5 heteroatoms. The molecular formula is C15H22N4S. The van der Waals surface area contributed by atoms with Crippen LogP contribution >= 0.6 is 11.3 Å². The van der Waals surface area contributed by atoms with Gasteiger partial charge in [-0.1, -0.05) is 19.9 Å². The monoisotopic (exact) mass is 290 g/mol. The molecule has 0 bridgehead atoms. The topological polar surface area (TPSA) is 49.8 Å². The van der Waals surface area contributed by atoms with Gasteiger partial charge in [0.25, 0.3) is 0 Å². The smallest absolute Gasteiger partial charge is 0.135 e. The van der Waals surface area contributed by atoms with Gasteiger partial charge in [-0.2, -0.15) is 0 Å². The molecule has 0 saturated heterocycles. The van der Waals surface area contributed by atoms with Crippen molar-refractivity contribution >= 4 is 23.0 Å². The van der Waals surface area contributed by atoms with Crippen molar-refractivity contribution in [3.05, 3.63) is 33.8 Å². The molecule has 2 heterocycles. The average molecular weight is 290 g/mol. The van der Waals surface area contributed by atoms with Crippen molar-refractivity contribution in [3.8, 4) is 0 Å². The van der Waals surface area contributed by atoms with Crippen molar-refractivity contribution in [2.45, 2.75) is 40.2 Å². The predicted octanol–water partition coefficient (Wildman–Crippen LogP) is 3.84. The van der Waals surface area contributed by atoms with Gasteiger partial charge in [0.15, 0.2) is 0 Å². The molecule has 2 rings (SSSR count). The van der Waals surface area contributed by atoms with Crippen molar-refractivity contribution < 1.29 is 0 Å². The average Bonchev–Trinajstić information content (AvgIpc) is 2.98. The number of anilines is 2. The maximum atomic E-state index is 4.60. The molecule has 0 aliphatic rings. The first-order valence-electron chi connectivity index (χ1n) is 7.12. The third-order valence-electron chi connectivity index (χ3n) is 3.06. The highest BCUT2D eigenvalue weighted by atomic mass is 32.1. The fourth-order valence-corrected chi connectivity index (χ4v) is 2.54. The van der Waals surface area contributed by atoms with Gasteiger partial charge in [0, 0.05) is 23.4 Å². The molecule has 0 unspecified atom stereocenters. The standard InChI is InChI=1S/C15H22N4S/c1-4-8-16-14-11(3)15(19-13(5-2)18-14)17-10-12-7-6-9-20-12/h6-7,9H,4-5,8,10H2,1-3H3,(H2,16,17,18,19). The minimum atomic E-state index is 0.811. The van der Waals surface area contributed by atoms with E-state index in [9.17, 15) is 0 Å². The Labute approximate surface area is 124 Å². The summed E-state index contributed by atoms with van der Waals surface area (Å²) in [5.41, 5.74) is 1.09. The van der Waals surface area contributed by atoms with E-state index >= 15 is 0 Å². The molecular weight excluding hydrogens is 268 g/mol. The second-order valence-corrected chi connectivity index (χ2v) is 5.71. The highest BCUT2D eigenvalue weighted by Crippen LogP contribution is 2.21. The zero-order valence-corrected chi connectivity index (χ0v) is 13.2. The molecule has 4 nitrogen and oxygen atoms in total. The van der Waals surface area contributed by atoms with E-state index in [1.165, 1.54) is 4.88 Å². The Balaban J connectivity index is 2.17. The third kappa shape index (κ3) is 3.70. The van der Waals surface area contributed by atoms with Crippen LogP contribution in [0.2, 0.25) is 0 Å². The minimum Gasteiger partial charge on any atom is -0.370 e. The molecule has 108 valence electrons. The predicted molar refractivity (Wildman–Crippen MR) is 86.6 cm³/mol. The summed E-state index contributed by atoms with van der Waals surface area (Å²) in [4.78, 5) is 10.5. The third-order valence-corrected chi connectivity index (χ3v) is 3.94. The number of rotatable bonds is 7. The Morgan fingerprint density at radius 2 is 1.90 bits per heavy atom. The zero-order chi connectivity index (χ0) is 14.4. The van der Waals surface area contributed by atoms with Gasteiger partial charge in [0.1, 0.15) is 17.5 Å². The summed E-state index contributed by atoms with van der Waals surface area (Å²) in [5.74, 6) is 2.76. The lowest BCUT2D eigenvalue weighted by Gasteiger charge is -2.14. The molecule has 0 spiro atoms. The number of thiophene rings is 1. The van der Waals surface area contributed by atoms with Gasteiger partial charge in [-0.15, -0.1) is 11.3 Å². The maximum Gasteiger partial charge on any atom is 0.135 e. The fourth-order valence-electron chi connectivity index (χ4n) is 1.89. The first-order valence-corrected chi connectivity index (χ1v) is 8.00. The lowest BCUT2D eigenvalue weighted by Crippen LogP contribution is -2.11. The number of aryl methyl sites for hydroxylation is 1. The Hall–Kier alpha value is -1.62. The largest absolute Gasteiger partial charge is 0.370 e. The van der Waals surface area contributed by atoms with E-state index in [4.69, 9.17) is 0 Å². The molecule has 0 radical (unpaired) electrons. The van der Waals surface area contributed by atoms with Gasteiger partial charge in [-0.25, -0.2) is 9.97 Å². The Morgan fingerprint density at radius 3 is 2.50 bits per heavy atom. The van der Waals surface area contributed by atoms with E-state index in [0.29, 0.717) is 0 Å². The first-order chi connectivity index (χ1) is 9.74. The number of nitrogens with one attached hydrogen (secondary N) is 2. The fraction of sp³-hybridized carbons (Fsp3) is 0.467. The molecule has 0 saturated carbocycles. The number of nitrogens with zero attached hydrogens (tertiary/aromatic N) is 2. The quantitative estimate of drug-likeness (QED) is 0.813. The molecule has 0 aromatic carbocycles. The van der Waals surface area contributed by atoms with Crippen LogP contribution in [0.1, 0.15) is 36.5 Å². The van der Waals surface area contributed by atoms with Crippen molar-refractivity contribution in [1.29, 1.82) is 0 Å². The van der Waals surface area contributed by atoms with E-state index in [-0.39, 0.29) is 0 Å². The summed E-state index contributed by atoms with van der Waals surface area (Å²) in [6, 6.07) is 4.20. The number of hydrogen-bond acceptors (Lipinski definition) is 5. The zero-order valence-electron chi connectivity index (χ0n) is 12.4. The molecule has 20 heavy (non-hydrogen) atoms. The van der Waals surface area contributed by atoms with Crippen LogP contribution in [0.15, 0.2) is 17.5 Å². The molecule has 0 aliphatic carbocycles. The second-order valence-electron chi connectivity index (χ2n) is 4.68. The van der Waals surface area contributed by atoms with Crippen molar-refractivity contribution in [2.75, 3.05) is 17.2 Å². The number of aromatic nitrogens is 2. The summed E-state index contributed by atoms with van der Waals surface area (Å²) in [6.07, 6.45) is 1.93. The SMILES string of the molecule is CCCNc1nc(CC)nc(NCc2cccs2)c1C. The Kier molecular flexibility index (Phi) is 5.35. The van der Waals surface area contributed by atoms with Crippen LogP contribution in [0.4, 0.5) is 11.6 Å². The summed E-state index contributed by atoms with van der Waals surface area (Å²) in [5, 5.41) is 8.90. The second kappa shape index (κ2) is 7.24. The molecule has 0 fully saturated rings. The highest BCUT2D eigenvalue weighted by molar-refractivity contribution is 7.09. The van der Waals surface area contributed by atoms with Crippen molar-refractivity contribution in [2.24, 2.45) is 0 Å². The van der Waals surface area contributed by atoms with Crippen LogP contribution in [0.25, 0.3) is 0 Å². The van der Waals surface area contributed by atoms with Gasteiger partial charge in [0.2, 0.25) is 0 Å². The van der Waals surface area contributed by atoms with Crippen LogP contribution in [-0.4, -0.2) is 16.5 Å². The minimum absolute atomic E-state index is 0.811. The highest BCUT2D eigenvalue weighted by Gasteiger charge is 2.09. The molecule has 2 N–H and O–H groups in total. The van der Waals surface area contributed by atoms with E-state index in [1.54, 1.807) is 11.3 Å². The van der Waals surface area contributed by atoms with E-state index in [0.717, 1.165) is 49.0 Å². The molecule has 0 atom stereocenters. The van der Waals surface area contributed by atoms with Crippen molar-refractivity contribution in [1.82, 2.24) is 9.97 Å². The molecule has 2 aromatic rings. The van der Waals surface area contributed by atoms with Crippen LogP contribution in [0.3, 0.4) is 0 Å². The van der Waals surface area contributed by atoms with Crippen LogP contribution < -0.4 is 10.6 Å². The van der Waals surface area contributed by atoms with Gasteiger partial charge < -0.3 is 10.6 Å². The van der Waals surface area contributed by atoms with E-state index in [1.807, 2.05) is 0 Å². The Morgan fingerprint density at radius 1 is 1.15 bits per heavy atom. The van der Waals surface area contributed by atoms with Gasteiger partial charge in [-0.3, -0.25) is 0 Å². The summed E-state index contributed by atoms with van der Waals surface area (Å²) in [6.45, 7) is 8.04. The summed E-state index contributed by atoms with van der Waals surface area (Å²) in [7, 11) is 0. The molecule has 2 aromatic heterocycles. The van der Waals surface area contributed by atoms with Crippen molar-refractivity contribution in [3.63, 3.8) is 0 Å². The first kappa shape index (κ1) is 14.8. The number of hydrogen-bond donors (Lipinski definition) is 2. The summed E-state index contributed by atoms with van der Waals surface area (Å²) >= 11 is 1.75. The summed E-state index contributed by atoms with van der Waals surface area (Å²) < 4.78 is 0. The van der Waals surface area contributed by atoms with E-state index in [2.05, 4.69) is 58.9 Å².